The number of amides is 1. The van der Waals surface area contributed by atoms with Crippen LogP contribution < -0.4 is 10.6 Å². The number of hydrogen-bond donors (Lipinski definition) is 2. The number of nitrogens with zero attached hydrogens (tertiary/aromatic N) is 2. The molecule has 5 nitrogen and oxygen atoms in total. The molecule has 0 saturated carbocycles. The molecule has 1 aliphatic rings. The van der Waals surface area contributed by atoms with Crippen molar-refractivity contribution in [3.8, 4) is 5.69 Å². The van der Waals surface area contributed by atoms with Crippen LogP contribution in [-0.2, 0) is 0 Å². The third kappa shape index (κ3) is 4.00. The van der Waals surface area contributed by atoms with Crippen LogP contribution in [0.3, 0.4) is 0 Å². The highest BCUT2D eigenvalue weighted by Gasteiger charge is 2.17. The fourth-order valence-electron chi connectivity index (χ4n) is 2.43. The Kier molecular flexibility index (Phi) is 5.83. The van der Waals surface area contributed by atoms with Gasteiger partial charge >= 0.3 is 0 Å². The van der Waals surface area contributed by atoms with Gasteiger partial charge < -0.3 is 10.6 Å². The zero-order valence-corrected chi connectivity index (χ0v) is 13.5. The highest BCUT2D eigenvalue weighted by molar-refractivity contribution is 6.30. The summed E-state index contributed by atoms with van der Waals surface area (Å²) in [6, 6.07) is 7.61. The maximum absolute atomic E-state index is 12.2. The van der Waals surface area contributed by atoms with E-state index in [1.165, 1.54) is 0 Å². The van der Waals surface area contributed by atoms with Gasteiger partial charge in [-0.1, -0.05) is 17.7 Å². The summed E-state index contributed by atoms with van der Waals surface area (Å²) in [6.45, 7) is 1.90. The van der Waals surface area contributed by atoms with Crippen LogP contribution in [0.15, 0.2) is 36.7 Å². The van der Waals surface area contributed by atoms with Crippen LogP contribution in [0.5, 0.6) is 0 Å². The topological polar surface area (TPSA) is 59.0 Å². The Bertz CT molecular complexity index is 638. The molecule has 0 spiro atoms. The molecule has 0 aliphatic carbocycles. The largest absolute Gasteiger partial charge is 0.349 e. The molecule has 7 heteroatoms. The summed E-state index contributed by atoms with van der Waals surface area (Å²) < 4.78 is 1.66. The first-order valence-corrected chi connectivity index (χ1v) is 7.42. The van der Waals surface area contributed by atoms with Crippen LogP contribution >= 0.6 is 24.0 Å². The molecule has 3 rings (SSSR count). The maximum Gasteiger partial charge on any atom is 0.254 e. The Morgan fingerprint density at radius 1 is 1.36 bits per heavy atom. The summed E-state index contributed by atoms with van der Waals surface area (Å²) in [7, 11) is 0. The molecule has 1 saturated heterocycles. The van der Waals surface area contributed by atoms with Gasteiger partial charge in [0, 0.05) is 17.3 Å². The molecule has 1 aromatic heterocycles. The molecule has 2 heterocycles. The van der Waals surface area contributed by atoms with Gasteiger partial charge in [-0.15, -0.1) is 12.4 Å². The number of rotatable bonds is 3. The summed E-state index contributed by atoms with van der Waals surface area (Å²) in [5.74, 6) is -0.0739. The SMILES string of the molecule is Cl.O=C(NC1CCNCC1)c1cnn(-c2cccc(Cl)c2)c1. The molecule has 0 bridgehead atoms. The molecular formula is C15H18Cl2N4O. The highest BCUT2D eigenvalue weighted by Crippen LogP contribution is 2.15. The van der Waals surface area contributed by atoms with Gasteiger partial charge in [-0.25, -0.2) is 4.68 Å². The molecule has 118 valence electrons. The minimum Gasteiger partial charge on any atom is -0.349 e. The molecular weight excluding hydrogens is 323 g/mol. The van der Waals surface area contributed by atoms with Gasteiger partial charge in [-0.05, 0) is 44.1 Å². The van der Waals surface area contributed by atoms with Gasteiger partial charge in [-0.2, -0.15) is 5.10 Å². The molecule has 22 heavy (non-hydrogen) atoms. The number of carbonyl (C=O) groups is 1. The van der Waals surface area contributed by atoms with Crippen LogP contribution in [0.25, 0.3) is 5.69 Å². The first-order chi connectivity index (χ1) is 10.2. The number of aromatic nitrogens is 2. The van der Waals surface area contributed by atoms with E-state index in [4.69, 9.17) is 11.6 Å². The van der Waals surface area contributed by atoms with Gasteiger partial charge in [0.05, 0.1) is 17.4 Å². The lowest BCUT2D eigenvalue weighted by atomic mass is 10.1. The molecule has 2 aromatic rings. The first-order valence-electron chi connectivity index (χ1n) is 7.04. The molecule has 1 amide bonds. The molecule has 1 aliphatic heterocycles. The predicted molar refractivity (Wildman–Crippen MR) is 89.2 cm³/mol. The summed E-state index contributed by atoms with van der Waals surface area (Å²) in [5, 5.41) is 11.2. The van der Waals surface area contributed by atoms with Gasteiger partial charge in [-0.3, -0.25) is 4.79 Å². The van der Waals surface area contributed by atoms with E-state index < -0.39 is 0 Å². The smallest absolute Gasteiger partial charge is 0.254 e. The van der Waals surface area contributed by atoms with Crippen molar-refractivity contribution in [2.75, 3.05) is 13.1 Å². The second-order valence-corrected chi connectivity index (χ2v) is 5.59. The number of piperidine rings is 1. The van der Waals surface area contributed by atoms with Crippen molar-refractivity contribution in [1.29, 1.82) is 0 Å². The lowest BCUT2D eigenvalue weighted by molar-refractivity contribution is 0.0929. The molecule has 0 radical (unpaired) electrons. The Morgan fingerprint density at radius 3 is 2.86 bits per heavy atom. The summed E-state index contributed by atoms with van der Waals surface area (Å²) in [4.78, 5) is 12.2. The van der Waals surface area contributed by atoms with Crippen molar-refractivity contribution in [3.63, 3.8) is 0 Å². The Hall–Kier alpha value is -1.56. The van der Waals surface area contributed by atoms with Crippen LogP contribution in [-0.4, -0.2) is 34.8 Å². The quantitative estimate of drug-likeness (QED) is 0.902. The maximum atomic E-state index is 12.2. The Labute approximate surface area is 140 Å². The van der Waals surface area contributed by atoms with Crippen molar-refractivity contribution in [2.45, 2.75) is 18.9 Å². The third-order valence-corrected chi connectivity index (χ3v) is 3.83. The van der Waals surface area contributed by atoms with Gasteiger partial charge in [0.15, 0.2) is 0 Å². The summed E-state index contributed by atoms with van der Waals surface area (Å²) in [5.41, 5.74) is 1.40. The summed E-state index contributed by atoms with van der Waals surface area (Å²) >= 11 is 5.97. The average molecular weight is 341 g/mol. The standard InChI is InChI=1S/C15H17ClN4O.ClH/c16-12-2-1-3-14(8-12)20-10-11(9-18-20)15(21)19-13-4-6-17-7-5-13;/h1-3,8-10,13,17H,4-7H2,(H,19,21);1H. The van der Waals surface area contributed by atoms with E-state index >= 15 is 0 Å². The normalized spacial score (nSPS) is 15.1. The number of hydrogen-bond acceptors (Lipinski definition) is 3. The molecule has 1 fully saturated rings. The van der Waals surface area contributed by atoms with Gasteiger partial charge in [0.2, 0.25) is 0 Å². The van der Waals surface area contributed by atoms with Gasteiger partial charge in [0.25, 0.3) is 5.91 Å². The second kappa shape index (κ2) is 7.63. The van der Waals surface area contributed by atoms with E-state index in [1.807, 2.05) is 18.2 Å². The lowest BCUT2D eigenvalue weighted by Gasteiger charge is -2.23. The van der Waals surface area contributed by atoms with Crippen molar-refractivity contribution < 1.29 is 4.79 Å². The highest BCUT2D eigenvalue weighted by atomic mass is 35.5. The Balaban J connectivity index is 0.00000176. The first kappa shape index (κ1) is 16.8. The molecule has 0 atom stereocenters. The Morgan fingerprint density at radius 2 is 2.14 bits per heavy atom. The third-order valence-electron chi connectivity index (χ3n) is 3.59. The average Bonchev–Trinajstić information content (AvgIpc) is 2.98. The van der Waals surface area contributed by atoms with Crippen molar-refractivity contribution in [2.24, 2.45) is 0 Å². The minimum atomic E-state index is -0.0739. The summed E-state index contributed by atoms with van der Waals surface area (Å²) in [6.07, 6.45) is 5.24. The number of nitrogens with one attached hydrogen (secondary N) is 2. The van der Waals surface area contributed by atoms with E-state index in [1.54, 1.807) is 23.1 Å². The minimum absolute atomic E-state index is 0. The zero-order chi connectivity index (χ0) is 14.7. The van der Waals surface area contributed by atoms with Crippen LogP contribution in [0.1, 0.15) is 23.2 Å². The van der Waals surface area contributed by atoms with Gasteiger partial charge in [0.1, 0.15) is 0 Å². The number of benzene rings is 1. The fraction of sp³-hybridized carbons (Fsp3) is 0.333. The van der Waals surface area contributed by atoms with Crippen LogP contribution in [0.4, 0.5) is 0 Å². The van der Waals surface area contributed by atoms with Crippen LogP contribution in [0.2, 0.25) is 5.02 Å². The number of halogens is 2. The monoisotopic (exact) mass is 340 g/mol. The van der Waals surface area contributed by atoms with E-state index in [2.05, 4.69) is 15.7 Å². The predicted octanol–water partition coefficient (Wildman–Crippen LogP) is 2.43. The van der Waals surface area contributed by atoms with Crippen molar-refractivity contribution >= 4 is 29.9 Å². The lowest BCUT2D eigenvalue weighted by Crippen LogP contribution is -2.42. The molecule has 1 aromatic carbocycles. The number of carbonyl (C=O) groups excluding carboxylic acids is 1. The van der Waals surface area contributed by atoms with E-state index in [9.17, 15) is 4.79 Å². The van der Waals surface area contributed by atoms with Crippen molar-refractivity contribution in [1.82, 2.24) is 20.4 Å². The molecule has 2 N–H and O–H groups in total. The molecule has 0 unspecified atom stereocenters. The zero-order valence-electron chi connectivity index (χ0n) is 12.0. The van der Waals surface area contributed by atoms with E-state index in [-0.39, 0.29) is 24.4 Å². The van der Waals surface area contributed by atoms with E-state index in [0.717, 1.165) is 31.6 Å². The fourth-order valence-corrected chi connectivity index (χ4v) is 2.62. The van der Waals surface area contributed by atoms with Crippen LogP contribution in [0, 0.1) is 0 Å². The van der Waals surface area contributed by atoms with Crippen molar-refractivity contribution in [3.05, 3.63) is 47.2 Å². The second-order valence-electron chi connectivity index (χ2n) is 5.15. The van der Waals surface area contributed by atoms with E-state index in [0.29, 0.717) is 10.6 Å².